The summed E-state index contributed by atoms with van der Waals surface area (Å²) in [7, 11) is 0. The summed E-state index contributed by atoms with van der Waals surface area (Å²) in [5.74, 6) is 0.699. The highest BCUT2D eigenvalue weighted by atomic mass is 16.3. The highest BCUT2D eigenvalue weighted by molar-refractivity contribution is 4.81. The lowest BCUT2D eigenvalue weighted by atomic mass is 9.96. The Labute approximate surface area is 125 Å². The van der Waals surface area contributed by atoms with E-state index in [0.717, 1.165) is 26.2 Å². The second kappa shape index (κ2) is 6.87. The minimum absolute atomic E-state index is 0.354. The molecule has 0 unspecified atom stereocenters. The van der Waals surface area contributed by atoms with Gasteiger partial charge in [-0.05, 0) is 44.0 Å². The molecule has 1 aliphatic heterocycles. The van der Waals surface area contributed by atoms with Gasteiger partial charge in [-0.3, -0.25) is 9.36 Å². The molecule has 3 heterocycles. The van der Waals surface area contributed by atoms with Gasteiger partial charge in [-0.1, -0.05) is 0 Å². The van der Waals surface area contributed by atoms with E-state index in [0.29, 0.717) is 12.5 Å². The monoisotopic (exact) mass is 289 g/mol. The zero-order valence-corrected chi connectivity index (χ0v) is 12.3. The third kappa shape index (κ3) is 4.15. The molecule has 114 valence electrons. The number of likely N-dealkylation sites (tertiary alicyclic amines) is 1. The molecular weight excluding hydrogens is 266 g/mol. The maximum Gasteiger partial charge on any atom is 0.0862 e. The van der Waals surface area contributed by atoms with Crippen LogP contribution in [-0.2, 0) is 13.1 Å². The molecule has 1 aliphatic rings. The normalized spacial score (nSPS) is 18.9. The first kappa shape index (κ1) is 14.3. The summed E-state index contributed by atoms with van der Waals surface area (Å²) >= 11 is 0. The number of rotatable bonds is 6. The van der Waals surface area contributed by atoms with Crippen LogP contribution in [0.3, 0.4) is 0 Å². The van der Waals surface area contributed by atoms with E-state index in [-0.39, 0.29) is 6.10 Å². The molecular formula is C15H23N5O. The first-order valence-corrected chi connectivity index (χ1v) is 7.65. The lowest BCUT2D eigenvalue weighted by Crippen LogP contribution is -2.40. The van der Waals surface area contributed by atoms with Crippen LogP contribution in [0.2, 0.25) is 0 Å². The van der Waals surface area contributed by atoms with Gasteiger partial charge in [0.05, 0.1) is 12.6 Å². The number of piperidine rings is 1. The molecule has 0 aliphatic carbocycles. The minimum Gasteiger partial charge on any atom is -0.390 e. The average Bonchev–Trinajstić information content (AvgIpc) is 3.14. The van der Waals surface area contributed by atoms with Crippen LogP contribution >= 0.6 is 0 Å². The summed E-state index contributed by atoms with van der Waals surface area (Å²) < 4.78 is 3.81. The fourth-order valence-corrected chi connectivity index (χ4v) is 3.00. The predicted molar refractivity (Wildman–Crippen MR) is 79.6 cm³/mol. The number of aliphatic hydroxyl groups excluding tert-OH is 1. The molecule has 0 aromatic carbocycles. The number of aromatic nitrogens is 4. The topological polar surface area (TPSA) is 59.1 Å². The summed E-state index contributed by atoms with van der Waals surface area (Å²) in [4.78, 5) is 2.35. The first-order valence-electron chi connectivity index (χ1n) is 7.65. The van der Waals surface area contributed by atoms with Crippen molar-refractivity contribution < 1.29 is 5.11 Å². The molecule has 6 nitrogen and oxygen atoms in total. The van der Waals surface area contributed by atoms with E-state index in [1.165, 1.54) is 12.8 Å². The molecule has 2 aromatic rings. The van der Waals surface area contributed by atoms with E-state index in [1.54, 1.807) is 10.9 Å². The molecule has 0 amide bonds. The molecule has 1 atom stereocenters. The standard InChI is InChI=1S/C15H23N5O/c21-15(13-20-8-2-6-17-20)12-18-9-3-14(4-10-18)11-19-7-1-5-16-19/h1-2,5-8,14-15,21H,3-4,9-13H2/t15-/m0/s1. The Balaban J connectivity index is 1.39. The van der Waals surface area contributed by atoms with Crippen LogP contribution < -0.4 is 0 Å². The summed E-state index contributed by atoms with van der Waals surface area (Å²) in [5, 5.41) is 18.5. The van der Waals surface area contributed by atoms with Crippen molar-refractivity contribution in [1.29, 1.82) is 0 Å². The molecule has 1 N–H and O–H groups in total. The van der Waals surface area contributed by atoms with E-state index in [1.807, 2.05) is 35.4 Å². The van der Waals surface area contributed by atoms with Crippen molar-refractivity contribution in [3.05, 3.63) is 36.9 Å². The predicted octanol–water partition coefficient (Wildman–Crippen LogP) is 0.853. The summed E-state index contributed by atoms with van der Waals surface area (Å²) in [6, 6.07) is 3.86. The first-order chi connectivity index (χ1) is 10.3. The van der Waals surface area contributed by atoms with E-state index >= 15 is 0 Å². The van der Waals surface area contributed by atoms with Crippen molar-refractivity contribution in [3.8, 4) is 0 Å². The van der Waals surface area contributed by atoms with Crippen molar-refractivity contribution in [2.45, 2.75) is 32.0 Å². The zero-order valence-electron chi connectivity index (χ0n) is 12.3. The van der Waals surface area contributed by atoms with Gasteiger partial charge in [-0.15, -0.1) is 0 Å². The van der Waals surface area contributed by atoms with Crippen LogP contribution in [0.25, 0.3) is 0 Å². The Morgan fingerprint density at radius 3 is 2.29 bits per heavy atom. The van der Waals surface area contributed by atoms with Gasteiger partial charge in [0.25, 0.3) is 0 Å². The van der Waals surface area contributed by atoms with Crippen LogP contribution in [0, 0.1) is 5.92 Å². The van der Waals surface area contributed by atoms with E-state index in [9.17, 15) is 5.11 Å². The maximum absolute atomic E-state index is 10.1. The van der Waals surface area contributed by atoms with Gasteiger partial charge in [-0.25, -0.2) is 0 Å². The van der Waals surface area contributed by atoms with Crippen molar-refractivity contribution in [3.63, 3.8) is 0 Å². The van der Waals surface area contributed by atoms with Crippen LogP contribution in [0.1, 0.15) is 12.8 Å². The van der Waals surface area contributed by atoms with Gasteiger partial charge >= 0.3 is 0 Å². The van der Waals surface area contributed by atoms with Gasteiger partial charge in [0.2, 0.25) is 0 Å². The third-order valence-electron chi connectivity index (χ3n) is 4.14. The summed E-state index contributed by atoms with van der Waals surface area (Å²) in [6.07, 6.45) is 9.49. The SMILES string of the molecule is O[C@@H](CN1CCC(Cn2cccn2)CC1)Cn1cccn1. The molecule has 2 aromatic heterocycles. The molecule has 0 bridgehead atoms. The van der Waals surface area contributed by atoms with Crippen molar-refractivity contribution in [1.82, 2.24) is 24.5 Å². The van der Waals surface area contributed by atoms with Gasteiger partial charge in [-0.2, -0.15) is 10.2 Å². The number of nitrogens with zero attached hydrogens (tertiary/aromatic N) is 5. The number of hydrogen-bond acceptors (Lipinski definition) is 4. The van der Waals surface area contributed by atoms with E-state index in [4.69, 9.17) is 0 Å². The zero-order chi connectivity index (χ0) is 14.5. The fourth-order valence-electron chi connectivity index (χ4n) is 3.00. The van der Waals surface area contributed by atoms with Crippen molar-refractivity contribution in [2.75, 3.05) is 19.6 Å². The van der Waals surface area contributed by atoms with E-state index in [2.05, 4.69) is 15.1 Å². The van der Waals surface area contributed by atoms with Gasteiger partial charge in [0.1, 0.15) is 0 Å². The van der Waals surface area contributed by atoms with Gasteiger partial charge < -0.3 is 10.0 Å². The smallest absolute Gasteiger partial charge is 0.0862 e. The largest absolute Gasteiger partial charge is 0.390 e. The summed E-state index contributed by atoms with van der Waals surface area (Å²) in [6.45, 7) is 4.43. The minimum atomic E-state index is -0.354. The Hall–Kier alpha value is -1.66. The van der Waals surface area contributed by atoms with Crippen molar-refractivity contribution >= 4 is 0 Å². The van der Waals surface area contributed by atoms with Gasteiger partial charge in [0.15, 0.2) is 0 Å². The lowest BCUT2D eigenvalue weighted by Gasteiger charge is -2.33. The van der Waals surface area contributed by atoms with Crippen molar-refractivity contribution in [2.24, 2.45) is 5.92 Å². The molecule has 1 saturated heterocycles. The molecule has 6 heteroatoms. The van der Waals surface area contributed by atoms with E-state index < -0.39 is 0 Å². The molecule has 0 spiro atoms. The number of β-amino-alcohol motifs (C(OH)–C–C–N with tert-alkyl or cyclic N) is 1. The highest BCUT2D eigenvalue weighted by Gasteiger charge is 2.21. The second-order valence-corrected chi connectivity index (χ2v) is 5.85. The maximum atomic E-state index is 10.1. The summed E-state index contributed by atoms with van der Waals surface area (Å²) in [5.41, 5.74) is 0. The fraction of sp³-hybridized carbons (Fsp3) is 0.600. The van der Waals surface area contributed by atoms with Crippen LogP contribution in [0.5, 0.6) is 0 Å². The quantitative estimate of drug-likeness (QED) is 0.856. The van der Waals surface area contributed by atoms with Crippen LogP contribution in [0.15, 0.2) is 36.9 Å². The Morgan fingerprint density at radius 2 is 1.67 bits per heavy atom. The Bertz CT molecular complexity index is 502. The molecule has 21 heavy (non-hydrogen) atoms. The second-order valence-electron chi connectivity index (χ2n) is 5.85. The highest BCUT2D eigenvalue weighted by Crippen LogP contribution is 2.19. The molecule has 0 radical (unpaired) electrons. The molecule has 3 rings (SSSR count). The Morgan fingerprint density at radius 1 is 1.00 bits per heavy atom. The average molecular weight is 289 g/mol. The number of aliphatic hydroxyl groups is 1. The molecule has 1 fully saturated rings. The number of hydrogen-bond donors (Lipinski definition) is 1. The molecule has 0 saturated carbocycles. The van der Waals surface area contributed by atoms with Crippen LogP contribution in [-0.4, -0.2) is 55.3 Å². The lowest BCUT2D eigenvalue weighted by molar-refractivity contribution is 0.0733. The van der Waals surface area contributed by atoms with Gasteiger partial charge in [0, 0.05) is 37.9 Å². The van der Waals surface area contributed by atoms with Crippen LogP contribution in [0.4, 0.5) is 0 Å². The third-order valence-corrected chi connectivity index (χ3v) is 4.14. The Kier molecular flexibility index (Phi) is 4.67.